The first-order valence-corrected chi connectivity index (χ1v) is 9.85. The van der Waals surface area contributed by atoms with E-state index in [9.17, 15) is 13.2 Å². The number of benzene rings is 1. The summed E-state index contributed by atoms with van der Waals surface area (Å²) in [6.45, 7) is 7.43. The van der Waals surface area contributed by atoms with E-state index in [0.29, 0.717) is 5.75 Å². The van der Waals surface area contributed by atoms with Crippen LogP contribution in [0.2, 0.25) is 0 Å². The first-order valence-electron chi connectivity index (χ1n) is 6.99. The molecule has 22 heavy (non-hydrogen) atoms. The number of hydrogen-bond donors (Lipinski definition) is 0. The van der Waals surface area contributed by atoms with E-state index in [1.807, 2.05) is 20.8 Å². The van der Waals surface area contributed by atoms with Gasteiger partial charge >= 0.3 is 5.97 Å². The summed E-state index contributed by atoms with van der Waals surface area (Å²) in [6, 6.07) is 6.60. The van der Waals surface area contributed by atoms with Crippen LogP contribution in [0, 0.1) is 12.8 Å². The SMILES string of the molecule is COC(=O)C(C)CS(=NS(=O)(=O)c1ccc(C)cc1)C(C)C. The molecule has 7 heteroatoms. The Morgan fingerprint density at radius 2 is 1.77 bits per heavy atom. The van der Waals surface area contributed by atoms with Gasteiger partial charge in [0.15, 0.2) is 0 Å². The standard InChI is InChI=1S/C15H23NO4S2/c1-11(2)21(10-13(4)15(17)20-5)16-22(18,19)14-8-6-12(3)7-9-14/h6-9,11,13H,10H2,1-5H3. The summed E-state index contributed by atoms with van der Waals surface area (Å²) in [4.78, 5) is 11.7. The second kappa shape index (κ2) is 7.87. The van der Waals surface area contributed by atoms with E-state index < -0.39 is 20.7 Å². The molecule has 2 atom stereocenters. The molecule has 2 unspecified atom stereocenters. The summed E-state index contributed by atoms with van der Waals surface area (Å²) in [7, 11) is -3.16. The van der Waals surface area contributed by atoms with Gasteiger partial charge in [-0.2, -0.15) is 8.42 Å². The minimum Gasteiger partial charge on any atom is -0.469 e. The van der Waals surface area contributed by atoms with Gasteiger partial charge in [0.1, 0.15) is 0 Å². The Morgan fingerprint density at radius 1 is 1.23 bits per heavy atom. The zero-order valence-corrected chi connectivity index (χ0v) is 15.2. The lowest BCUT2D eigenvalue weighted by Crippen LogP contribution is -2.23. The Balaban J connectivity index is 3.11. The van der Waals surface area contributed by atoms with E-state index in [-0.39, 0.29) is 22.0 Å². The third-order valence-electron chi connectivity index (χ3n) is 3.08. The second-order valence-corrected chi connectivity index (χ2v) is 9.50. The number of hydrogen-bond acceptors (Lipinski definition) is 4. The molecule has 0 fully saturated rings. The first kappa shape index (κ1) is 18.8. The van der Waals surface area contributed by atoms with Crippen LogP contribution in [0.15, 0.2) is 32.9 Å². The van der Waals surface area contributed by atoms with Crippen molar-refractivity contribution >= 4 is 26.7 Å². The van der Waals surface area contributed by atoms with Gasteiger partial charge in [0.2, 0.25) is 0 Å². The van der Waals surface area contributed by atoms with Gasteiger partial charge in [-0.05, 0) is 19.1 Å². The summed E-state index contributed by atoms with van der Waals surface area (Å²) in [5.74, 6) is -0.358. The van der Waals surface area contributed by atoms with Crippen molar-refractivity contribution in [2.75, 3.05) is 12.9 Å². The van der Waals surface area contributed by atoms with Crippen LogP contribution in [0.1, 0.15) is 26.3 Å². The number of carbonyl (C=O) groups excluding carboxylic acids is 1. The lowest BCUT2D eigenvalue weighted by Gasteiger charge is -2.15. The van der Waals surface area contributed by atoms with Crippen LogP contribution in [0.25, 0.3) is 0 Å². The maximum absolute atomic E-state index is 12.4. The second-order valence-electron chi connectivity index (χ2n) is 5.40. The number of nitrogens with zero attached hydrogens (tertiary/aromatic N) is 1. The highest BCUT2D eigenvalue weighted by Crippen LogP contribution is 2.17. The Kier molecular flexibility index (Phi) is 6.74. The fourth-order valence-corrected chi connectivity index (χ4v) is 5.51. The van der Waals surface area contributed by atoms with Crippen molar-refractivity contribution in [2.45, 2.75) is 37.8 Å². The van der Waals surface area contributed by atoms with Gasteiger partial charge in [0.25, 0.3) is 10.0 Å². The summed E-state index contributed by atoms with van der Waals surface area (Å²) in [5, 5.41) is 0.0346. The van der Waals surface area contributed by atoms with Crippen molar-refractivity contribution < 1.29 is 17.9 Å². The molecule has 0 heterocycles. The average molecular weight is 345 g/mol. The van der Waals surface area contributed by atoms with Crippen molar-refractivity contribution in [1.82, 2.24) is 0 Å². The van der Waals surface area contributed by atoms with Crippen molar-refractivity contribution in [3.63, 3.8) is 0 Å². The van der Waals surface area contributed by atoms with Gasteiger partial charge in [-0.15, -0.1) is 3.77 Å². The molecule has 0 aromatic heterocycles. The molecule has 0 saturated heterocycles. The predicted octanol–water partition coefficient (Wildman–Crippen LogP) is 2.70. The van der Waals surface area contributed by atoms with Gasteiger partial charge in [-0.3, -0.25) is 4.79 Å². The first-order chi connectivity index (χ1) is 10.2. The summed E-state index contributed by atoms with van der Waals surface area (Å²) in [6.07, 6.45) is 0. The highest BCUT2D eigenvalue weighted by Gasteiger charge is 2.20. The van der Waals surface area contributed by atoms with Crippen molar-refractivity contribution in [3.05, 3.63) is 29.8 Å². The van der Waals surface area contributed by atoms with Crippen LogP contribution in [0.5, 0.6) is 0 Å². The number of carbonyl (C=O) groups is 1. The predicted molar refractivity (Wildman–Crippen MR) is 89.3 cm³/mol. The third-order valence-corrected chi connectivity index (χ3v) is 7.43. The molecule has 0 amide bonds. The summed E-state index contributed by atoms with van der Waals surface area (Å²) < 4.78 is 33.6. The number of esters is 1. The molecule has 0 aliphatic carbocycles. The van der Waals surface area contributed by atoms with Crippen molar-refractivity contribution in [2.24, 2.45) is 9.69 Å². The number of aryl methyl sites for hydroxylation is 1. The summed E-state index contributed by atoms with van der Waals surface area (Å²) >= 11 is 0. The van der Waals surface area contributed by atoms with Gasteiger partial charge in [0, 0.05) is 11.0 Å². The van der Waals surface area contributed by atoms with Crippen molar-refractivity contribution in [3.8, 4) is 0 Å². The van der Waals surface area contributed by atoms with E-state index in [0.717, 1.165) is 5.56 Å². The van der Waals surface area contributed by atoms with Crippen LogP contribution < -0.4 is 0 Å². The molecule has 0 saturated carbocycles. The Morgan fingerprint density at radius 3 is 2.23 bits per heavy atom. The molecule has 0 spiro atoms. The molecule has 0 radical (unpaired) electrons. The van der Waals surface area contributed by atoms with Gasteiger partial charge in [0.05, 0.1) is 17.9 Å². The molecule has 0 aliphatic rings. The van der Waals surface area contributed by atoms with E-state index in [4.69, 9.17) is 4.74 Å². The molecule has 124 valence electrons. The molecular formula is C15H23NO4S2. The van der Waals surface area contributed by atoms with E-state index in [1.165, 1.54) is 7.11 Å². The molecule has 1 aromatic carbocycles. The average Bonchev–Trinajstić information content (AvgIpc) is 2.45. The molecule has 1 aromatic rings. The van der Waals surface area contributed by atoms with Crippen LogP contribution in [-0.2, 0) is 30.2 Å². The van der Waals surface area contributed by atoms with E-state index in [2.05, 4.69) is 3.77 Å². The zero-order valence-electron chi connectivity index (χ0n) is 13.6. The topological polar surface area (TPSA) is 72.8 Å². The lowest BCUT2D eigenvalue weighted by molar-refractivity contribution is -0.144. The number of sulfonamides is 1. The van der Waals surface area contributed by atoms with E-state index >= 15 is 0 Å². The van der Waals surface area contributed by atoms with Crippen molar-refractivity contribution in [1.29, 1.82) is 0 Å². The van der Waals surface area contributed by atoms with Crippen LogP contribution >= 0.6 is 0 Å². The number of methoxy groups -OCH3 is 1. The minimum atomic E-state index is -3.71. The normalized spacial score (nSPS) is 14.8. The Bertz CT molecular complexity index is 649. The lowest BCUT2D eigenvalue weighted by atomic mass is 10.2. The number of ether oxygens (including phenoxy) is 1. The maximum Gasteiger partial charge on any atom is 0.309 e. The molecule has 0 N–H and O–H groups in total. The Hall–Kier alpha value is -1.21. The smallest absolute Gasteiger partial charge is 0.309 e. The van der Waals surface area contributed by atoms with Crippen LogP contribution in [0.4, 0.5) is 0 Å². The third kappa shape index (κ3) is 5.21. The molecule has 5 nitrogen and oxygen atoms in total. The quantitative estimate of drug-likeness (QED) is 0.743. The highest BCUT2D eigenvalue weighted by molar-refractivity contribution is 8.00. The molecule has 0 bridgehead atoms. The highest BCUT2D eigenvalue weighted by atomic mass is 32.3. The zero-order chi connectivity index (χ0) is 16.9. The Labute approximate surface area is 135 Å². The van der Waals surface area contributed by atoms with Crippen LogP contribution in [-0.4, -0.2) is 32.5 Å². The fourth-order valence-electron chi connectivity index (χ4n) is 1.71. The summed E-state index contributed by atoms with van der Waals surface area (Å²) in [5.41, 5.74) is 0.987. The monoisotopic (exact) mass is 345 g/mol. The molecule has 1 rings (SSSR count). The molecular weight excluding hydrogens is 322 g/mol. The fraction of sp³-hybridized carbons (Fsp3) is 0.533. The van der Waals surface area contributed by atoms with Gasteiger partial charge < -0.3 is 4.74 Å². The van der Waals surface area contributed by atoms with Gasteiger partial charge in [-0.25, -0.2) is 0 Å². The minimum absolute atomic E-state index is 0.0346. The molecule has 0 aliphatic heterocycles. The van der Waals surface area contributed by atoms with E-state index in [1.54, 1.807) is 31.2 Å². The van der Waals surface area contributed by atoms with Crippen LogP contribution in [0.3, 0.4) is 0 Å². The number of rotatable bonds is 6. The van der Waals surface area contributed by atoms with Gasteiger partial charge in [-0.1, -0.05) is 49.2 Å². The maximum atomic E-state index is 12.4. The largest absolute Gasteiger partial charge is 0.469 e.